The number of nitrogens with zero attached hydrogens (tertiary/aromatic N) is 2. The molecule has 0 amide bonds. The third kappa shape index (κ3) is 7.04. The van der Waals surface area contributed by atoms with Gasteiger partial charge in [-0.2, -0.15) is 0 Å². The molecule has 6 heteroatoms. The fourth-order valence-corrected chi connectivity index (χ4v) is 3.34. The number of nitrogens with two attached hydrogens (primary N) is 1. The number of hydrogen-bond acceptors (Lipinski definition) is 3. The molecule has 0 spiro atoms. The Labute approximate surface area is 175 Å². The number of aryl methyl sites for hydroxylation is 2. The van der Waals surface area contributed by atoms with Gasteiger partial charge < -0.3 is 15.8 Å². The van der Waals surface area contributed by atoms with Crippen molar-refractivity contribution in [2.75, 3.05) is 38.1 Å². The standard InChI is InChI=1S/C20H34N4O.HI/c1-5-16-8-7-9-17(6-2)19(16)23-20(21)22-12-18-14-24(10-11-25-18)13-15(3)4;/h7-9,15,18H,5-6,10-14H2,1-4H3,(H3,21,22,23);1H. The molecule has 1 saturated heterocycles. The van der Waals surface area contributed by atoms with Crippen LogP contribution >= 0.6 is 24.0 Å². The van der Waals surface area contributed by atoms with Crippen LogP contribution in [0.4, 0.5) is 5.69 Å². The molecule has 2 rings (SSSR count). The van der Waals surface area contributed by atoms with Crippen LogP contribution in [0.1, 0.15) is 38.8 Å². The van der Waals surface area contributed by atoms with Crippen LogP contribution in [0.25, 0.3) is 0 Å². The highest BCUT2D eigenvalue weighted by Gasteiger charge is 2.20. The molecule has 1 heterocycles. The van der Waals surface area contributed by atoms with Gasteiger partial charge >= 0.3 is 0 Å². The summed E-state index contributed by atoms with van der Waals surface area (Å²) in [5.41, 5.74) is 9.81. The van der Waals surface area contributed by atoms with E-state index in [1.165, 1.54) is 11.1 Å². The third-order valence-corrected chi connectivity index (χ3v) is 4.56. The molecular weight excluding hydrogens is 439 g/mol. The number of nitrogens with one attached hydrogen (secondary N) is 1. The second kappa shape index (κ2) is 11.8. The summed E-state index contributed by atoms with van der Waals surface area (Å²) >= 11 is 0. The summed E-state index contributed by atoms with van der Waals surface area (Å²) in [5.74, 6) is 1.15. The molecule has 0 aromatic heterocycles. The van der Waals surface area contributed by atoms with E-state index in [0.29, 0.717) is 18.4 Å². The summed E-state index contributed by atoms with van der Waals surface area (Å²) in [5, 5.41) is 3.32. The number of benzene rings is 1. The van der Waals surface area contributed by atoms with Crippen molar-refractivity contribution in [2.45, 2.75) is 46.6 Å². The predicted molar refractivity (Wildman–Crippen MR) is 122 cm³/mol. The molecule has 1 aliphatic rings. The second-order valence-electron chi connectivity index (χ2n) is 7.16. The van der Waals surface area contributed by atoms with Crippen molar-refractivity contribution in [2.24, 2.45) is 16.6 Å². The predicted octanol–water partition coefficient (Wildman–Crippen LogP) is 3.51. The van der Waals surface area contributed by atoms with Gasteiger partial charge in [0, 0.05) is 25.3 Å². The van der Waals surface area contributed by atoms with Crippen molar-refractivity contribution < 1.29 is 4.74 Å². The number of aliphatic imine (C=N–C) groups is 1. The van der Waals surface area contributed by atoms with Gasteiger partial charge in [-0.1, -0.05) is 45.9 Å². The lowest BCUT2D eigenvalue weighted by molar-refractivity contribution is -0.0261. The van der Waals surface area contributed by atoms with Crippen LogP contribution < -0.4 is 11.1 Å². The first-order valence-corrected chi connectivity index (χ1v) is 9.55. The first-order chi connectivity index (χ1) is 12.0. The maximum Gasteiger partial charge on any atom is 0.193 e. The minimum Gasteiger partial charge on any atom is -0.374 e. The van der Waals surface area contributed by atoms with Crippen molar-refractivity contribution in [3.05, 3.63) is 29.3 Å². The summed E-state index contributed by atoms with van der Waals surface area (Å²) in [7, 11) is 0. The Balaban J connectivity index is 0.00000338. The van der Waals surface area contributed by atoms with Gasteiger partial charge in [0.25, 0.3) is 0 Å². The summed E-state index contributed by atoms with van der Waals surface area (Å²) in [6.45, 7) is 13.3. The number of ether oxygens (including phenoxy) is 1. The van der Waals surface area contributed by atoms with Gasteiger partial charge in [-0.25, -0.2) is 0 Å². The number of para-hydroxylation sites is 1. The van der Waals surface area contributed by atoms with E-state index in [2.05, 4.69) is 61.1 Å². The van der Waals surface area contributed by atoms with E-state index >= 15 is 0 Å². The zero-order valence-electron chi connectivity index (χ0n) is 16.6. The lowest BCUT2D eigenvalue weighted by atomic mass is 10.0. The fraction of sp³-hybridized carbons (Fsp3) is 0.650. The van der Waals surface area contributed by atoms with E-state index < -0.39 is 0 Å². The highest BCUT2D eigenvalue weighted by atomic mass is 127. The van der Waals surface area contributed by atoms with Gasteiger partial charge in [-0.3, -0.25) is 9.89 Å². The first-order valence-electron chi connectivity index (χ1n) is 9.55. The van der Waals surface area contributed by atoms with Gasteiger partial charge in [0.15, 0.2) is 5.96 Å². The highest BCUT2D eigenvalue weighted by Crippen LogP contribution is 2.22. The molecule has 148 valence electrons. The van der Waals surface area contributed by atoms with E-state index in [-0.39, 0.29) is 30.1 Å². The average Bonchev–Trinajstić information content (AvgIpc) is 2.60. The summed E-state index contributed by atoms with van der Waals surface area (Å²) in [6.07, 6.45) is 2.07. The number of halogens is 1. The van der Waals surface area contributed by atoms with Crippen molar-refractivity contribution in [3.8, 4) is 0 Å². The van der Waals surface area contributed by atoms with E-state index in [0.717, 1.165) is 44.8 Å². The van der Waals surface area contributed by atoms with Crippen LogP contribution in [0.15, 0.2) is 23.2 Å². The van der Waals surface area contributed by atoms with Crippen LogP contribution in [0, 0.1) is 5.92 Å². The Morgan fingerprint density at radius 1 is 1.31 bits per heavy atom. The normalized spacial score (nSPS) is 18.7. The van der Waals surface area contributed by atoms with E-state index in [9.17, 15) is 0 Å². The lowest BCUT2D eigenvalue weighted by Crippen LogP contribution is -2.45. The Hall–Kier alpha value is -0.860. The molecule has 3 N–H and O–H groups in total. The van der Waals surface area contributed by atoms with Gasteiger partial charge in [0.1, 0.15) is 0 Å². The summed E-state index contributed by atoms with van der Waals surface area (Å²) < 4.78 is 5.85. The second-order valence-corrected chi connectivity index (χ2v) is 7.16. The Bertz CT molecular complexity index is 555. The molecule has 1 aliphatic heterocycles. The number of rotatable bonds is 7. The monoisotopic (exact) mass is 474 g/mol. The first kappa shape index (κ1) is 23.2. The maximum atomic E-state index is 6.16. The molecule has 1 unspecified atom stereocenters. The third-order valence-electron chi connectivity index (χ3n) is 4.56. The van der Waals surface area contributed by atoms with Gasteiger partial charge in [0.05, 0.1) is 19.3 Å². The zero-order valence-corrected chi connectivity index (χ0v) is 19.0. The Morgan fingerprint density at radius 2 is 1.96 bits per heavy atom. The Morgan fingerprint density at radius 3 is 2.54 bits per heavy atom. The molecular formula is C20H35IN4O. The quantitative estimate of drug-likeness (QED) is 0.361. The topological polar surface area (TPSA) is 62.9 Å². The molecule has 0 radical (unpaired) electrons. The number of hydrogen-bond donors (Lipinski definition) is 2. The largest absolute Gasteiger partial charge is 0.374 e. The molecule has 1 aromatic carbocycles. The number of guanidine groups is 1. The van der Waals surface area contributed by atoms with E-state index in [1.54, 1.807) is 0 Å². The molecule has 1 aromatic rings. The van der Waals surface area contributed by atoms with Gasteiger partial charge in [0.2, 0.25) is 0 Å². The van der Waals surface area contributed by atoms with Crippen LogP contribution in [-0.2, 0) is 17.6 Å². The highest BCUT2D eigenvalue weighted by molar-refractivity contribution is 14.0. The van der Waals surface area contributed by atoms with Crippen molar-refractivity contribution >= 4 is 35.6 Å². The summed E-state index contributed by atoms with van der Waals surface area (Å²) in [4.78, 5) is 7.00. The fourth-order valence-electron chi connectivity index (χ4n) is 3.34. The molecule has 1 atom stereocenters. The van der Waals surface area contributed by atoms with Gasteiger partial charge in [-0.15, -0.1) is 24.0 Å². The molecule has 1 fully saturated rings. The number of anilines is 1. The maximum absolute atomic E-state index is 6.16. The minimum atomic E-state index is 0. The smallest absolute Gasteiger partial charge is 0.193 e. The van der Waals surface area contributed by atoms with Crippen LogP contribution in [0.5, 0.6) is 0 Å². The molecule has 26 heavy (non-hydrogen) atoms. The SMILES string of the molecule is CCc1cccc(CC)c1NC(N)=NCC1CN(CC(C)C)CCO1.I. The lowest BCUT2D eigenvalue weighted by Gasteiger charge is -2.33. The molecule has 0 bridgehead atoms. The van der Waals surface area contributed by atoms with E-state index in [1.807, 2.05) is 0 Å². The van der Waals surface area contributed by atoms with Crippen molar-refractivity contribution in [1.29, 1.82) is 0 Å². The molecule has 0 aliphatic carbocycles. The summed E-state index contributed by atoms with van der Waals surface area (Å²) in [6, 6.07) is 6.39. The minimum absolute atomic E-state index is 0. The molecule has 5 nitrogen and oxygen atoms in total. The van der Waals surface area contributed by atoms with E-state index in [4.69, 9.17) is 10.5 Å². The number of morpholine rings is 1. The van der Waals surface area contributed by atoms with Gasteiger partial charge in [-0.05, 0) is 29.9 Å². The van der Waals surface area contributed by atoms with Crippen molar-refractivity contribution in [1.82, 2.24) is 4.90 Å². The van der Waals surface area contributed by atoms with Crippen LogP contribution in [-0.4, -0.2) is 49.7 Å². The van der Waals surface area contributed by atoms with Crippen molar-refractivity contribution in [3.63, 3.8) is 0 Å². The van der Waals surface area contributed by atoms with Crippen LogP contribution in [0.3, 0.4) is 0 Å². The molecule has 0 saturated carbocycles. The Kier molecular flexibility index (Phi) is 10.5. The van der Waals surface area contributed by atoms with Crippen LogP contribution in [0.2, 0.25) is 0 Å². The zero-order chi connectivity index (χ0) is 18.2. The average molecular weight is 474 g/mol.